The maximum Gasteiger partial charge on any atom is 0.213 e. The summed E-state index contributed by atoms with van der Waals surface area (Å²) in [6.07, 6.45) is 3.83. The molecule has 130 valence electrons. The zero-order valence-corrected chi connectivity index (χ0v) is 14.1. The van der Waals surface area contributed by atoms with E-state index in [0.29, 0.717) is 18.4 Å². The molecule has 0 radical (unpaired) electrons. The lowest BCUT2D eigenvalue weighted by Crippen LogP contribution is -2.13. The molecule has 1 aliphatic rings. The minimum atomic E-state index is 0.418. The van der Waals surface area contributed by atoms with Crippen LogP contribution in [0.1, 0.15) is 30.4 Å². The molecule has 3 heterocycles. The minimum absolute atomic E-state index is 0.418. The van der Waals surface area contributed by atoms with E-state index in [0.717, 1.165) is 48.9 Å². The average molecular weight is 340 g/mol. The average Bonchev–Trinajstić information content (AvgIpc) is 3.30. The largest absolute Gasteiger partial charge is 0.443 e. The number of tetrazole rings is 1. The molecule has 0 spiro atoms. The Balaban J connectivity index is 1.42. The number of hydrogen-bond acceptors (Lipinski definition) is 7. The summed E-state index contributed by atoms with van der Waals surface area (Å²) in [5.74, 6) is 2.79. The number of ether oxygens (including phenoxy) is 1. The molecule has 8 nitrogen and oxygen atoms in total. The molecule has 1 aliphatic heterocycles. The standard InChI is InChI=1S/C17H20N6O2/c1-23-17(20-21-22-23)13-3-2-4-14(9-13)18-11-16-19-10-15(25-16)12-5-7-24-8-6-12/h2-4,9-10,12,18H,5-8,11H2,1H3. The van der Waals surface area contributed by atoms with Gasteiger partial charge in [-0.1, -0.05) is 12.1 Å². The molecule has 25 heavy (non-hydrogen) atoms. The van der Waals surface area contributed by atoms with Gasteiger partial charge in [0.25, 0.3) is 0 Å². The highest BCUT2D eigenvalue weighted by Crippen LogP contribution is 2.27. The van der Waals surface area contributed by atoms with Crippen molar-refractivity contribution in [1.82, 2.24) is 25.2 Å². The minimum Gasteiger partial charge on any atom is -0.443 e. The summed E-state index contributed by atoms with van der Waals surface area (Å²) in [4.78, 5) is 4.39. The first-order chi connectivity index (χ1) is 12.3. The smallest absolute Gasteiger partial charge is 0.213 e. The summed E-state index contributed by atoms with van der Waals surface area (Å²) in [6, 6.07) is 7.95. The molecule has 8 heteroatoms. The summed E-state index contributed by atoms with van der Waals surface area (Å²) < 4.78 is 12.9. The van der Waals surface area contributed by atoms with Gasteiger partial charge in [-0.3, -0.25) is 0 Å². The highest BCUT2D eigenvalue weighted by molar-refractivity contribution is 5.62. The highest BCUT2D eigenvalue weighted by atomic mass is 16.5. The van der Waals surface area contributed by atoms with Gasteiger partial charge in [-0.05, 0) is 35.4 Å². The zero-order valence-electron chi connectivity index (χ0n) is 14.1. The van der Waals surface area contributed by atoms with E-state index in [2.05, 4.69) is 25.8 Å². The fourth-order valence-corrected chi connectivity index (χ4v) is 3.00. The maximum atomic E-state index is 5.90. The Bertz CT molecular complexity index is 837. The van der Waals surface area contributed by atoms with Crippen LogP contribution in [0.5, 0.6) is 0 Å². The summed E-state index contributed by atoms with van der Waals surface area (Å²) in [5.41, 5.74) is 1.92. The van der Waals surface area contributed by atoms with E-state index in [1.165, 1.54) is 0 Å². The number of rotatable bonds is 5. The van der Waals surface area contributed by atoms with Gasteiger partial charge >= 0.3 is 0 Å². The van der Waals surface area contributed by atoms with Crippen molar-refractivity contribution in [3.05, 3.63) is 42.1 Å². The number of aromatic nitrogens is 5. The first-order valence-corrected chi connectivity index (χ1v) is 8.38. The topological polar surface area (TPSA) is 90.9 Å². The lowest BCUT2D eigenvalue weighted by atomic mass is 9.98. The van der Waals surface area contributed by atoms with Crippen molar-refractivity contribution in [2.24, 2.45) is 7.05 Å². The van der Waals surface area contributed by atoms with Crippen molar-refractivity contribution in [1.29, 1.82) is 0 Å². The summed E-state index contributed by atoms with van der Waals surface area (Å²) in [5, 5.41) is 14.9. The van der Waals surface area contributed by atoms with E-state index < -0.39 is 0 Å². The molecule has 2 aromatic heterocycles. The molecule has 0 amide bonds. The third kappa shape index (κ3) is 3.53. The quantitative estimate of drug-likeness (QED) is 0.762. The van der Waals surface area contributed by atoms with Crippen molar-refractivity contribution in [2.75, 3.05) is 18.5 Å². The zero-order chi connectivity index (χ0) is 17.1. The molecule has 0 unspecified atom stereocenters. The number of nitrogens with zero attached hydrogens (tertiary/aromatic N) is 5. The summed E-state index contributed by atoms with van der Waals surface area (Å²) in [7, 11) is 1.82. The van der Waals surface area contributed by atoms with E-state index in [1.54, 1.807) is 4.68 Å². The van der Waals surface area contributed by atoms with E-state index in [4.69, 9.17) is 9.15 Å². The van der Waals surface area contributed by atoms with Gasteiger partial charge in [0, 0.05) is 37.4 Å². The molecule has 1 N–H and O–H groups in total. The summed E-state index contributed by atoms with van der Waals surface area (Å²) >= 11 is 0. The number of benzene rings is 1. The highest BCUT2D eigenvalue weighted by Gasteiger charge is 2.19. The van der Waals surface area contributed by atoms with E-state index in [-0.39, 0.29) is 0 Å². The fourth-order valence-electron chi connectivity index (χ4n) is 3.00. The summed E-state index contributed by atoms with van der Waals surface area (Å²) in [6.45, 7) is 2.12. The van der Waals surface area contributed by atoms with Gasteiger partial charge in [0.1, 0.15) is 5.76 Å². The van der Waals surface area contributed by atoms with Crippen LogP contribution in [0, 0.1) is 0 Å². The normalized spacial score (nSPS) is 15.4. The lowest BCUT2D eigenvalue weighted by Gasteiger charge is -2.19. The van der Waals surface area contributed by atoms with Crippen LogP contribution >= 0.6 is 0 Å². The molecule has 0 aliphatic carbocycles. The molecule has 0 saturated carbocycles. The van der Waals surface area contributed by atoms with Gasteiger partial charge in [0.2, 0.25) is 5.89 Å². The number of oxazole rings is 1. The Hall–Kier alpha value is -2.74. The van der Waals surface area contributed by atoms with Crippen LogP contribution in [0.4, 0.5) is 5.69 Å². The first kappa shape index (κ1) is 15.8. The van der Waals surface area contributed by atoms with Gasteiger partial charge in [-0.15, -0.1) is 5.10 Å². The van der Waals surface area contributed by atoms with E-state index in [9.17, 15) is 0 Å². The number of anilines is 1. The van der Waals surface area contributed by atoms with Crippen molar-refractivity contribution in [2.45, 2.75) is 25.3 Å². The molecule has 4 rings (SSSR count). The Morgan fingerprint density at radius 3 is 2.96 bits per heavy atom. The van der Waals surface area contributed by atoms with Gasteiger partial charge in [0.05, 0.1) is 12.7 Å². The molecule has 0 atom stereocenters. The SMILES string of the molecule is Cn1nnnc1-c1cccc(NCc2ncc(C3CCOCC3)o2)c1. The predicted octanol–water partition coefficient (Wildman–Crippen LogP) is 2.37. The van der Waals surface area contributed by atoms with Crippen LogP contribution in [-0.2, 0) is 18.3 Å². The van der Waals surface area contributed by atoms with Crippen molar-refractivity contribution in [3.8, 4) is 11.4 Å². The van der Waals surface area contributed by atoms with E-state index in [1.807, 2.05) is 37.5 Å². The third-order valence-corrected chi connectivity index (χ3v) is 4.38. The second-order valence-corrected chi connectivity index (χ2v) is 6.10. The van der Waals surface area contributed by atoms with Crippen LogP contribution in [0.2, 0.25) is 0 Å². The van der Waals surface area contributed by atoms with Gasteiger partial charge in [-0.2, -0.15) is 0 Å². The second kappa shape index (κ2) is 7.02. The Morgan fingerprint density at radius 2 is 2.16 bits per heavy atom. The Morgan fingerprint density at radius 1 is 1.28 bits per heavy atom. The van der Waals surface area contributed by atoms with Gasteiger partial charge in [-0.25, -0.2) is 9.67 Å². The van der Waals surface area contributed by atoms with Crippen LogP contribution < -0.4 is 5.32 Å². The predicted molar refractivity (Wildman–Crippen MR) is 90.9 cm³/mol. The Kier molecular flexibility index (Phi) is 4.43. The second-order valence-electron chi connectivity index (χ2n) is 6.10. The van der Waals surface area contributed by atoms with Crippen LogP contribution in [0.25, 0.3) is 11.4 Å². The first-order valence-electron chi connectivity index (χ1n) is 8.38. The fraction of sp³-hybridized carbons (Fsp3) is 0.412. The third-order valence-electron chi connectivity index (χ3n) is 4.38. The van der Waals surface area contributed by atoms with Crippen LogP contribution in [0.3, 0.4) is 0 Å². The van der Waals surface area contributed by atoms with Gasteiger partial charge < -0.3 is 14.5 Å². The van der Waals surface area contributed by atoms with Crippen molar-refractivity contribution in [3.63, 3.8) is 0 Å². The van der Waals surface area contributed by atoms with E-state index >= 15 is 0 Å². The maximum absolute atomic E-state index is 5.90. The molecular formula is C17H20N6O2. The molecule has 0 bridgehead atoms. The number of hydrogen-bond donors (Lipinski definition) is 1. The number of nitrogens with one attached hydrogen (secondary N) is 1. The molecule has 1 aromatic carbocycles. The van der Waals surface area contributed by atoms with Crippen molar-refractivity contribution >= 4 is 5.69 Å². The molecule has 3 aromatic rings. The Labute approximate surface area is 145 Å². The molecule has 1 saturated heterocycles. The monoisotopic (exact) mass is 340 g/mol. The van der Waals surface area contributed by atoms with Crippen molar-refractivity contribution < 1.29 is 9.15 Å². The molecule has 1 fully saturated rings. The van der Waals surface area contributed by atoms with Crippen LogP contribution in [-0.4, -0.2) is 38.4 Å². The van der Waals surface area contributed by atoms with Gasteiger partial charge in [0.15, 0.2) is 5.82 Å². The van der Waals surface area contributed by atoms with Crippen LogP contribution in [0.15, 0.2) is 34.9 Å². The number of aryl methyl sites for hydroxylation is 1. The lowest BCUT2D eigenvalue weighted by molar-refractivity contribution is 0.0804. The molecular weight excluding hydrogens is 320 g/mol.